The molecule has 2 aromatic rings. The molecule has 0 spiro atoms. The van der Waals surface area contributed by atoms with Gasteiger partial charge in [-0.05, 0) is 23.6 Å². The Labute approximate surface area is 142 Å². The monoisotopic (exact) mass is 319 g/mol. The predicted molar refractivity (Wildman–Crippen MR) is 95.3 cm³/mol. The molecule has 2 atom stereocenters. The molecule has 24 heavy (non-hydrogen) atoms. The van der Waals surface area contributed by atoms with Crippen LogP contribution in [0.5, 0.6) is 0 Å². The third-order valence-corrected chi connectivity index (χ3v) is 5.65. The summed E-state index contributed by atoms with van der Waals surface area (Å²) < 4.78 is 0. The van der Waals surface area contributed by atoms with Crippen LogP contribution < -0.4 is 10.2 Å². The summed E-state index contributed by atoms with van der Waals surface area (Å²) in [6, 6.07) is 17.5. The van der Waals surface area contributed by atoms with E-state index in [9.17, 15) is 4.79 Å². The minimum Gasteiger partial charge on any atom is -0.357 e. The zero-order valence-corrected chi connectivity index (χ0v) is 13.6. The lowest BCUT2D eigenvalue weighted by Gasteiger charge is -2.39. The van der Waals surface area contributed by atoms with Crippen LogP contribution in [0.25, 0.3) is 0 Å². The molecule has 0 saturated carbocycles. The fraction of sp³-hybridized carbons (Fsp3) is 0.350. The quantitative estimate of drug-likeness (QED) is 0.924. The van der Waals surface area contributed by atoms with E-state index in [0.29, 0.717) is 18.5 Å². The minimum atomic E-state index is 0.118. The first-order valence-corrected chi connectivity index (χ1v) is 8.75. The Kier molecular flexibility index (Phi) is 3.13. The number of anilines is 2. The molecule has 3 heterocycles. The zero-order valence-electron chi connectivity index (χ0n) is 13.6. The molecule has 1 fully saturated rings. The third kappa shape index (κ3) is 2.13. The Balaban J connectivity index is 1.44. The van der Waals surface area contributed by atoms with Gasteiger partial charge >= 0.3 is 0 Å². The van der Waals surface area contributed by atoms with Gasteiger partial charge in [-0.2, -0.15) is 0 Å². The van der Waals surface area contributed by atoms with E-state index in [2.05, 4.69) is 57.6 Å². The largest absolute Gasteiger partial charge is 0.357 e. The fourth-order valence-corrected chi connectivity index (χ4v) is 4.66. The Morgan fingerprint density at radius 3 is 2.83 bits per heavy atom. The first kappa shape index (κ1) is 14.1. The van der Waals surface area contributed by atoms with Crippen LogP contribution in [0.1, 0.15) is 23.5 Å². The first-order chi connectivity index (χ1) is 11.8. The second-order valence-electron chi connectivity index (χ2n) is 7.10. The normalized spacial score (nSPS) is 25.2. The maximum atomic E-state index is 12.0. The number of carbonyl (C=O) groups excluding carboxylic acids is 1. The molecule has 1 N–H and O–H groups in total. The van der Waals surface area contributed by atoms with E-state index in [1.54, 1.807) is 0 Å². The zero-order chi connectivity index (χ0) is 16.1. The summed E-state index contributed by atoms with van der Waals surface area (Å²) in [5.41, 5.74) is 5.05. The van der Waals surface area contributed by atoms with Gasteiger partial charge in [0, 0.05) is 31.6 Å². The molecule has 2 aromatic carbocycles. The second-order valence-corrected chi connectivity index (χ2v) is 7.10. The van der Waals surface area contributed by atoms with Crippen LogP contribution in [0, 0.1) is 0 Å². The van der Waals surface area contributed by atoms with Crippen LogP contribution in [0.3, 0.4) is 0 Å². The van der Waals surface area contributed by atoms with Gasteiger partial charge in [0.05, 0.1) is 17.9 Å². The van der Waals surface area contributed by atoms with E-state index in [0.717, 1.165) is 31.7 Å². The lowest BCUT2D eigenvalue weighted by atomic mass is 9.89. The highest BCUT2D eigenvalue weighted by molar-refractivity contribution is 6.03. The van der Waals surface area contributed by atoms with Gasteiger partial charge in [0.2, 0.25) is 5.91 Å². The first-order valence-electron chi connectivity index (χ1n) is 8.75. The van der Waals surface area contributed by atoms with Crippen molar-refractivity contribution in [2.75, 3.05) is 29.9 Å². The maximum absolute atomic E-state index is 12.0. The van der Waals surface area contributed by atoms with Gasteiger partial charge in [-0.25, -0.2) is 0 Å². The van der Waals surface area contributed by atoms with Gasteiger partial charge in [-0.3, -0.25) is 9.69 Å². The molecule has 5 rings (SSSR count). The predicted octanol–water partition coefficient (Wildman–Crippen LogP) is 2.82. The fourth-order valence-electron chi connectivity index (χ4n) is 4.66. The number of hydrogen-bond acceptors (Lipinski definition) is 3. The smallest absolute Gasteiger partial charge is 0.243 e. The number of para-hydroxylation sites is 1. The molecular formula is C20H21N3O. The molecule has 0 aliphatic carbocycles. The van der Waals surface area contributed by atoms with Crippen LogP contribution in [0.15, 0.2) is 48.5 Å². The van der Waals surface area contributed by atoms with Crippen molar-refractivity contribution in [2.45, 2.75) is 24.9 Å². The van der Waals surface area contributed by atoms with Crippen molar-refractivity contribution >= 4 is 17.3 Å². The van der Waals surface area contributed by atoms with Gasteiger partial charge < -0.3 is 10.2 Å². The van der Waals surface area contributed by atoms with E-state index in [1.807, 2.05) is 6.07 Å². The Hall–Kier alpha value is -2.33. The van der Waals surface area contributed by atoms with Gasteiger partial charge in [0.15, 0.2) is 0 Å². The SMILES string of the molecule is O=C1CN2c3c(cccc3[C@@H]3CN(Cc4ccccc4)CC[C@H]32)N1. The molecule has 4 heteroatoms. The number of hydrogen-bond donors (Lipinski definition) is 1. The average molecular weight is 319 g/mol. The molecule has 3 aliphatic heterocycles. The van der Waals surface area contributed by atoms with Gasteiger partial charge in [-0.1, -0.05) is 42.5 Å². The number of carbonyl (C=O) groups is 1. The van der Waals surface area contributed by atoms with Crippen molar-refractivity contribution < 1.29 is 4.79 Å². The second kappa shape index (κ2) is 5.35. The van der Waals surface area contributed by atoms with E-state index in [-0.39, 0.29) is 5.91 Å². The van der Waals surface area contributed by atoms with Crippen molar-refractivity contribution in [3.05, 3.63) is 59.7 Å². The number of nitrogens with one attached hydrogen (secondary N) is 1. The summed E-state index contributed by atoms with van der Waals surface area (Å²) in [4.78, 5) is 16.9. The van der Waals surface area contributed by atoms with Crippen molar-refractivity contribution in [3.63, 3.8) is 0 Å². The molecule has 0 aromatic heterocycles. The maximum Gasteiger partial charge on any atom is 0.243 e. The summed E-state index contributed by atoms with van der Waals surface area (Å²) in [5.74, 6) is 0.622. The number of likely N-dealkylation sites (tertiary alicyclic amines) is 1. The molecular weight excluding hydrogens is 298 g/mol. The molecule has 0 bridgehead atoms. The summed E-state index contributed by atoms with van der Waals surface area (Å²) in [6.45, 7) is 3.68. The molecule has 1 amide bonds. The van der Waals surface area contributed by atoms with Crippen molar-refractivity contribution in [1.29, 1.82) is 0 Å². The summed E-state index contributed by atoms with van der Waals surface area (Å²) in [6.07, 6.45) is 1.12. The number of rotatable bonds is 2. The molecule has 1 saturated heterocycles. The summed E-state index contributed by atoms with van der Waals surface area (Å²) in [7, 11) is 0. The van der Waals surface area contributed by atoms with Crippen LogP contribution in [-0.4, -0.2) is 36.5 Å². The highest BCUT2D eigenvalue weighted by Crippen LogP contribution is 2.49. The van der Waals surface area contributed by atoms with Gasteiger partial charge in [0.25, 0.3) is 0 Å². The number of benzene rings is 2. The topological polar surface area (TPSA) is 35.6 Å². The van der Waals surface area contributed by atoms with Crippen LogP contribution in [0.4, 0.5) is 11.4 Å². The highest BCUT2D eigenvalue weighted by atomic mass is 16.2. The molecule has 3 aliphatic rings. The van der Waals surface area contributed by atoms with Crippen molar-refractivity contribution in [1.82, 2.24) is 4.90 Å². The van der Waals surface area contributed by atoms with Gasteiger partial charge in [0.1, 0.15) is 0 Å². The van der Waals surface area contributed by atoms with Crippen LogP contribution >= 0.6 is 0 Å². The minimum absolute atomic E-state index is 0.118. The Morgan fingerprint density at radius 2 is 1.96 bits per heavy atom. The van der Waals surface area contributed by atoms with E-state index < -0.39 is 0 Å². The summed E-state index contributed by atoms with van der Waals surface area (Å²) >= 11 is 0. The van der Waals surface area contributed by atoms with E-state index in [4.69, 9.17) is 0 Å². The van der Waals surface area contributed by atoms with Crippen molar-refractivity contribution in [3.8, 4) is 0 Å². The number of amides is 1. The standard InChI is InChI=1S/C20H21N3O/c24-19-13-23-18-9-10-22(11-14-5-2-1-3-6-14)12-16(18)15-7-4-8-17(21-19)20(15)23/h1-8,16,18H,9-13H2,(H,21,24)/t16-,18+/m0/s1. The van der Waals surface area contributed by atoms with Crippen LogP contribution in [0.2, 0.25) is 0 Å². The molecule has 122 valence electrons. The Bertz CT molecular complexity index is 789. The summed E-state index contributed by atoms with van der Waals surface area (Å²) in [5, 5.41) is 3.04. The Morgan fingerprint density at radius 1 is 1.08 bits per heavy atom. The number of nitrogens with zero attached hydrogens (tertiary/aromatic N) is 2. The lowest BCUT2D eigenvalue weighted by Crippen LogP contribution is -2.49. The van der Waals surface area contributed by atoms with E-state index in [1.165, 1.54) is 16.8 Å². The number of fused-ring (bicyclic) bond motifs is 3. The average Bonchev–Trinajstić information content (AvgIpc) is 2.91. The molecule has 0 unspecified atom stereocenters. The highest BCUT2D eigenvalue weighted by Gasteiger charge is 2.45. The van der Waals surface area contributed by atoms with Gasteiger partial charge in [-0.15, -0.1) is 0 Å². The van der Waals surface area contributed by atoms with E-state index >= 15 is 0 Å². The number of piperidine rings is 1. The van der Waals surface area contributed by atoms with Crippen molar-refractivity contribution in [2.24, 2.45) is 0 Å². The van der Waals surface area contributed by atoms with Crippen LogP contribution in [-0.2, 0) is 11.3 Å². The third-order valence-electron chi connectivity index (χ3n) is 5.65. The molecule has 0 radical (unpaired) electrons. The molecule has 4 nitrogen and oxygen atoms in total. The lowest BCUT2D eigenvalue weighted by molar-refractivity contribution is -0.115.